The van der Waals surface area contributed by atoms with E-state index in [0.29, 0.717) is 0 Å². The maximum atomic E-state index is 11.5. The molecule has 0 aliphatic heterocycles. The van der Waals surface area contributed by atoms with Crippen LogP contribution in [0.25, 0.3) is 0 Å². The molecule has 3 heteroatoms. The Labute approximate surface area is 93.1 Å². The van der Waals surface area contributed by atoms with E-state index in [-0.39, 0.29) is 5.56 Å². The van der Waals surface area contributed by atoms with Crippen LogP contribution in [0.5, 0.6) is 0 Å². The maximum absolute atomic E-state index is 11.5. The molecular weight excluding hydrogens is 242 g/mol. The summed E-state index contributed by atoms with van der Waals surface area (Å²) in [6.45, 7) is 2.78. The van der Waals surface area contributed by atoms with Crippen LogP contribution in [0.1, 0.15) is 24.8 Å². The van der Waals surface area contributed by atoms with Crippen LogP contribution in [0, 0.1) is 6.92 Å². The number of hydrogen-bond acceptors (Lipinski definition) is 1. The van der Waals surface area contributed by atoms with E-state index in [9.17, 15) is 4.79 Å². The highest BCUT2D eigenvalue weighted by Crippen LogP contribution is 2.00. The van der Waals surface area contributed by atoms with Gasteiger partial charge in [-0.25, -0.2) is 0 Å². The second-order valence-electron chi connectivity index (χ2n) is 3.49. The van der Waals surface area contributed by atoms with Crippen LogP contribution >= 0.6 is 15.9 Å². The maximum Gasteiger partial charge on any atom is 0.250 e. The number of rotatable bonds is 5. The van der Waals surface area contributed by atoms with E-state index in [1.165, 1.54) is 12.8 Å². The molecule has 14 heavy (non-hydrogen) atoms. The van der Waals surface area contributed by atoms with Crippen molar-refractivity contribution in [3.05, 3.63) is 34.2 Å². The number of aromatic nitrogens is 1. The average molecular weight is 258 g/mol. The minimum absolute atomic E-state index is 0.115. The standard InChI is InChI=1S/C11H16BrNO/c1-10-5-8-13(11(14)9-10)7-4-2-3-6-12/h5,8-9H,2-4,6-7H2,1H3. The van der Waals surface area contributed by atoms with Gasteiger partial charge in [-0.05, 0) is 31.4 Å². The molecule has 0 saturated carbocycles. The molecule has 1 aromatic heterocycles. The fourth-order valence-electron chi connectivity index (χ4n) is 1.34. The van der Waals surface area contributed by atoms with Crippen LogP contribution in [0.15, 0.2) is 23.1 Å². The van der Waals surface area contributed by atoms with E-state index in [1.54, 1.807) is 10.6 Å². The number of alkyl halides is 1. The van der Waals surface area contributed by atoms with Gasteiger partial charge in [0.2, 0.25) is 0 Å². The largest absolute Gasteiger partial charge is 0.316 e. The Kier molecular flexibility index (Phi) is 4.94. The van der Waals surface area contributed by atoms with Gasteiger partial charge in [-0.3, -0.25) is 4.79 Å². The smallest absolute Gasteiger partial charge is 0.250 e. The van der Waals surface area contributed by atoms with E-state index in [4.69, 9.17) is 0 Å². The lowest BCUT2D eigenvalue weighted by Crippen LogP contribution is -2.18. The number of halogens is 1. The molecule has 1 rings (SSSR count). The summed E-state index contributed by atoms with van der Waals surface area (Å²) in [6.07, 6.45) is 5.31. The predicted molar refractivity (Wildman–Crippen MR) is 63.1 cm³/mol. The molecule has 0 aromatic carbocycles. The second-order valence-corrected chi connectivity index (χ2v) is 4.28. The van der Waals surface area contributed by atoms with Crippen LogP contribution in [0.3, 0.4) is 0 Å². The van der Waals surface area contributed by atoms with Crippen molar-refractivity contribution in [2.75, 3.05) is 5.33 Å². The molecule has 0 atom stereocenters. The first-order valence-electron chi connectivity index (χ1n) is 4.97. The lowest BCUT2D eigenvalue weighted by atomic mass is 10.2. The summed E-state index contributed by atoms with van der Waals surface area (Å²) >= 11 is 3.39. The predicted octanol–water partition coefficient (Wildman–Crippen LogP) is 2.72. The minimum Gasteiger partial charge on any atom is -0.316 e. The SMILES string of the molecule is Cc1ccn(CCCCCBr)c(=O)c1. The molecule has 0 spiro atoms. The zero-order valence-electron chi connectivity index (χ0n) is 8.50. The third kappa shape index (κ3) is 3.66. The molecule has 0 N–H and O–H groups in total. The molecule has 0 aliphatic rings. The van der Waals surface area contributed by atoms with Gasteiger partial charge in [0.25, 0.3) is 5.56 Å². The molecule has 1 aromatic rings. The van der Waals surface area contributed by atoms with Crippen molar-refractivity contribution in [1.29, 1.82) is 0 Å². The van der Waals surface area contributed by atoms with E-state index < -0.39 is 0 Å². The third-order valence-electron chi connectivity index (χ3n) is 2.18. The Balaban J connectivity index is 2.47. The number of aryl methyl sites for hydroxylation is 2. The summed E-state index contributed by atoms with van der Waals surface area (Å²) in [6, 6.07) is 3.66. The zero-order valence-corrected chi connectivity index (χ0v) is 10.1. The molecule has 0 saturated heterocycles. The highest BCUT2D eigenvalue weighted by atomic mass is 79.9. The van der Waals surface area contributed by atoms with E-state index in [2.05, 4.69) is 15.9 Å². The van der Waals surface area contributed by atoms with Crippen molar-refractivity contribution < 1.29 is 0 Å². The van der Waals surface area contributed by atoms with Crippen LogP contribution in [0.4, 0.5) is 0 Å². The van der Waals surface area contributed by atoms with Crippen LogP contribution in [-0.2, 0) is 6.54 Å². The number of unbranched alkanes of at least 4 members (excludes halogenated alkanes) is 2. The molecule has 0 fully saturated rings. The van der Waals surface area contributed by atoms with Crippen molar-refractivity contribution in [3.63, 3.8) is 0 Å². The van der Waals surface area contributed by atoms with Crippen molar-refractivity contribution >= 4 is 15.9 Å². The number of pyridine rings is 1. The first-order chi connectivity index (χ1) is 6.74. The lowest BCUT2D eigenvalue weighted by molar-refractivity contribution is 0.589. The van der Waals surface area contributed by atoms with Gasteiger partial charge in [0, 0.05) is 24.1 Å². The van der Waals surface area contributed by atoms with E-state index in [1.807, 2.05) is 19.2 Å². The summed E-state index contributed by atoms with van der Waals surface area (Å²) in [5.41, 5.74) is 1.15. The van der Waals surface area contributed by atoms with Crippen molar-refractivity contribution in [2.24, 2.45) is 0 Å². The molecule has 0 radical (unpaired) electrons. The van der Waals surface area contributed by atoms with Crippen LogP contribution in [-0.4, -0.2) is 9.90 Å². The average Bonchev–Trinajstić information content (AvgIpc) is 2.15. The number of hydrogen-bond donors (Lipinski definition) is 0. The Morgan fingerprint density at radius 3 is 2.79 bits per heavy atom. The Morgan fingerprint density at radius 1 is 1.36 bits per heavy atom. The van der Waals surface area contributed by atoms with Gasteiger partial charge >= 0.3 is 0 Å². The molecule has 1 heterocycles. The van der Waals surface area contributed by atoms with Crippen LogP contribution < -0.4 is 5.56 Å². The van der Waals surface area contributed by atoms with Gasteiger partial charge in [0.1, 0.15) is 0 Å². The summed E-state index contributed by atoms with van der Waals surface area (Å²) in [4.78, 5) is 11.5. The quantitative estimate of drug-likeness (QED) is 0.588. The summed E-state index contributed by atoms with van der Waals surface area (Å²) in [7, 11) is 0. The number of nitrogens with zero attached hydrogens (tertiary/aromatic N) is 1. The molecule has 0 unspecified atom stereocenters. The Bertz CT molecular complexity index is 332. The fraction of sp³-hybridized carbons (Fsp3) is 0.545. The monoisotopic (exact) mass is 257 g/mol. The first kappa shape index (κ1) is 11.5. The zero-order chi connectivity index (χ0) is 10.4. The van der Waals surface area contributed by atoms with Gasteiger partial charge in [0.05, 0.1) is 0 Å². The lowest BCUT2D eigenvalue weighted by Gasteiger charge is -2.04. The molecule has 0 aliphatic carbocycles. The molecular formula is C11H16BrNO. The summed E-state index contributed by atoms with van der Waals surface area (Å²) in [5.74, 6) is 0. The Hall–Kier alpha value is -0.570. The topological polar surface area (TPSA) is 22.0 Å². The van der Waals surface area contributed by atoms with Gasteiger partial charge in [-0.15, -0.1) is 0 Å². The van der Waals surface area contributed by atoms with Gasteiger partial charge in [0.15, 0.2) is 0 Å². The molecule has 0 bridgehead atoms. The first-order valence-corrected chi connectivity index (χ1v) is 6.09. The highest BCUT2D eigenvalue weighted by molar-refractivity contribution is 9.09. The van der Waals surface area contributed by atoms with E-state index in [0.717, 1.165) is 23.9 Å². The van der Waals surface area contributed by atoms with Gasteiger partial charge in [-0.1, -0.05) is 22.4 Å². The van der Waals surface area contributed by atoms with E-state index >= 15 is 0 Å². The highest BCUT2D eigenvalue weighted by Gasteiger charge is 1.95. The van der Waals surface area contributed by atoms with Crippen molar-refractivity contribution in [3.8, 4) is 0 Å². The van der Waals surface area contributed by atoms with Gasteiger partial charge < -0.3 is 4.57 Å². The fourth-order valence-corrected chi connectivity index (χ4v) is 1.74. The summed E-state index contributed by atoms with van der Waals surface area (Å²) in [5, 5.41) is 1.05. The normalized spacial score (nSPS) is 10.4. The van der Waals surface area contributed by atoms with Crippen molar-refractivity contribution in [1.82, 2.24) is 4.57 Å². The molecule has 0 amide bonds. The molecule has 2 nitrogen and oxygen atoms in total. The van der Waals surface area contributed by atoms with Gasteiger partial charge in [-0.2, -0.15) is 0 Å². The molecule has 78 valence electrons. The second kappa shape index (κ2) is 6.02. The Morgan fingerprint density at radius 2 is 2.14 bits per heavy atom. The summed E-state index contributed by atoms with van der Waals surface area (Å²) < 4.78 is 1.78. The minimum atomic E-state index is 0.115. The third-order valence-corrected chi connectivity index (χ3v) is 2.74. The van der Waals surface area contributed by atoms with Crippen LogP contribution in [0.2, 0.25) is 0 Å². The van der Waals surface area contributed by atoms with Crippen molar-refractivity contribution in [2.45, 2.75) is 32.7 Å².